The number of carbonyl (C=O) groups excluding carboxylic acids is 1. The molecule has 0 aliphatic carbocycles. The van der Waals surface area contributed by atoms with Crippen molar-refractivity contribution in [2.24, 2.45) is 4.99 Å². The summed E-state index contributed by atoms with van der Waals surface area (Å²) in [5.74, 6) is 0.807. The molecule has 6 nitrogen and oxygen atoms in total. The number of nitrogens with one attached hydrogen (secondary N) is 2. The molecule has 1 aromatic carbocycles. The second-order valence-electron chi connectivity index (χ2n) is 5.94. The van der Waals surface area contributed by atoms with E-state index in [9.17, 15) is 4.79 Å². The molecule has 1 amide bonds. The first kappa shape index (κ1) is 20.6. The number of fused-ring (bicyclic) bond motifs is 1. The molecule has 0 spiro atoms. The summed E-state index contributed by atoms with van der Waals surface area (Å²) in [5.41, 5.74) is 5.24. The van der Waals surface area contributed by atoms with E-state index in [0.717, 1.165) is 31.2 Å². The first-order valence-corrected chi connectivity index (χ1v) is 9.27. The summed E-state index contributed by atoms with van der Waals surface area (Å²) in [4.78, 5) is 23.5. The van der Waals surface area contributed by atoms with Crippen LogP contribution in [0.2, 0.25) is 0 Å². The van der Waals surface area contributed by atoms with Crippen LogP contribution in [0.1, 0.15) is 26.5 Å². The van der Waals surface area contributed by atoms with E-state index in [2.05, 4.69) is 49.8 Å². The predicted octanol–water partition coefficient (Wildman–Crippen LogP) is 2.43. The first-order valence-electron chi connectivity index (χ1n) is 8.39. The number of hydrogen-bond acceptors (Lipinski definition) is 4. The Morgan fingerprint density at radius 3 is 2.69 bits per heavy atom. The van der Waals surface area contributed by atoms with Crippen LogP contribution in [0.15, 0.2) is 34.8 Å². The average molecular weight is 485 g/mol. The Labute approximate surface area is 175 Å². The molecule has 1 aliphatic heterocycles. The zero-order valence-corrected chi connectivity index (χ0v) is 18.1. The molecule has 26 heavy (non-hydrogen) atoms. The normalized spacial score (nSPS) is 13.6. The lowest BCUT2D eigenvalue weighted by Gasteiger charge is -2.31. The van der Waals surface area contributed by atoms with Crippen molar-refractivity contribution in [3.8, 4) is 0 Å². The number of amides is 1. The highest BCUT2D eigenvalue weighted by atomic mass is 127. The van der Waals surface area contributed by atoms with Crippen molar-refractivity contribution in [3.63, 3.8) is 0 Å². The van der Waals surface area contributed by atoms with Crippen LogP contribution in [0.3, 0.4) is 0 Å². The Hall–Kier alpha value is -1.68. The second kappa shape index (κ2) is 9.86. The van der Waals surface area contributed by atoms with E-state index in [-0.39, 0.29) is 29.9 Å². The molecule has 1 aliphatic rings. The van der Waals surface area contributed by atoms with Gasteiger partial charge < -0.3 is 15.5 Å². The fourth-order valence-corrected chi connectivity index (χ4v) is 3.68. The van der Waals surface area contributed by atoms with Gasteiger partial charge >= 0.3 is 0 Å². The minimum atomic E-state index is -0.0660. The highest BCUT2D eigenvalue weighted by Crippen LogP contribution is 2.18. The van der Waals surface area contributed by atoms with Gasteiger partial charge in [-0.15, -0.1) is 35.3 Å². The summed E-state index contributed by atoms with van der Waals surface area (Å²) in [6, 6.07) is 8.54. The summed E-state index contributed by atoms with van der Waals surface area (Å²) in [5, 5.41) is 6.25. The number of rotatable bonds is 4. The van der Waals surface area contributed by atoms with E-state index in [1.54, 1.807) is 12.6 Å². The number of aromatic nitrogens is 1. The highest BCUT2D eigenvalue weighted by Gasteiger charge is 2.18. The van der Waals surface area contributed by atoms with Crippen molar-refractivity contribution < 1.29 is 4.79 Å². The maximum absolute atomic E-state index is 12.1. The van der Waals surface area contributed by atoms with Gasteiger partial charge in [-0.3, -0.25) is 9.79 Å². The van der Waals surface area contributed by atoms with Gasteiger partial charge in [0.25, 0.3) is 5.91 Å². The zero-order valence-electron chi connectivity index (χ0n) is 15.0. The van der Waals surface area contributed by atoms with Crippen LogP contribution in [0, 0.1) is 6.92 Å². The number of aliphatic imine (C=N–C) groups is 1. The number of guanidine groups is 1. The lowest BCUT2D eigenvalue weighted by Crippen LogP contribution is -2.46. The second-order valence-corrected chi connectivity index (χ2v) is 6.79. The Morgan fingerprint density at radius 2 is 2.00 bits per heavy atom. The molecular weight excluding hydrogens is 461 g/mol. The Morgan fingerprint density at radius 1 is 1.27 bits per heavy atom. The molecule has 1 aromatic heterocycles. The minimum Gasteiger partial charge on any atom is -0.354 e. The quantitative estimate of drug-likeness (QED) is 0.302. The van der Waals surface area contributed by atoms with E-state index in [1.807, 2.05) is 6.92 Å². The van der Waals surface area contributed by atoms with Gasteiger partial charge in [-0.1, -0.05) is 24.3 Å². The number of benzene rings is 1. The monoisotopic (exact) mass is 485 g/mol. The van der Waals surface area contributed by atoms with Crippen molar-refractivity contribution in [1.82, 2.24) is 20.5 Å². The number of thiazole rings is 1. The third-order valence-corrected chi connectivity index (χ3v) is 5.21. The third-order valence-electron chi connectivity index (χ3n) is 4.29. The molecule has 0 fully saturated rings. The smallest absolute Gasteiger partial charge is 0.263 e. The summed E-state index contributed by atoms with van der Waals surface area (Å²) < 4.78 is 0. The number of halogens is 1. The molecule has 0 saturated carbocycles. The SMILES string of the molecule is CN=C(NCCNC(=O)c1scnc1C)N1CCc2ccccc2C1.I. The average Bonchev–Trinajstić information content (AvgIpc) is 3.07. The Kier molecular flexibility index (Phi) is 7.83. The Balaban J connectivity index is 0.00000243. The van der Waals surface area contributed by atoms with Crippen LogP contribution in [0.25, 0.3) is 0 Å². The summed E-state index contributed by atoms with van der Waals surface area (Å²) in [7, 11) is 1.79. The van der Waals surface area contributed by atoms with Gasteiger partial charge in [-0.25, -0.2) is 4.98 Å². The molecule has 8 heteroatoms. The van der Waals surface area contributed by atoms with E-state index in [4.69, 9.17) is 0 Å². The minimum absolute atomic E-state index is 0. The van der Waals surface area contributed by atoms with Crippen LogP contribution < -0.4 is 10.6 Å². The van der Waals surface area contributed by atoms with E-state index < -0.39 is 0 Å². The molecule has 0 radical (unpaired) electrons. The summed E-state index contributed by atoms with van der Waals surface area (Å²) in [6.45, 7) is 4.83. The number of carbonyl (C=O) groups is 1. The van der Waals surface area contributed by atoms with Crippen LogP contribution in [0.5, 0.6) is 0 Å². The van der Waals surface area contributed by atoms with Crippen molar-refractivity contribution in [2.45, 2.75) is 19.9 Å². The first-order chi connectivity index (χ1) is 12.2. The van der Waals surface area contributed by atoms with Gasteiger partial charge in [0.2, 0.25) is 0 Å². The molecular formula is C18H24IN5OS. The predicted molar refractivity (Wildman–Crippen MR) is 117 cm³/mol. The van der Waals surface area contributed by atoms with Gasteiger partial charge in [-0.2, -0.15) is 0 Å². The maximum atomic E-state index is 12.1. The topological polar surface area (TPSA) is 69.6 Å². The van der Waals surface area contributed by atoms with E-state index in [0.29, 0.717) is 18.0 Å². The lowest BCUT2D eigenvalue weighted by atomic mass is 10.0. The van der Waals surface area contributed by atoms with Crippen molar-refractivity contribution >= 4 is 47.2 Å². The molecule has 2 heterocycles. The third kappa shape index (κ3) is 4.94. The fourth-order valence-electron chi connectivity index (χ4n) is 2.96. The van der Waals surface area contributed by atoms with Gasteiger partial charge in [0.05, 0.1) is 11.2 Å². The molecule has 0 saturated heterocycles. The summed E-state index contributed by atoms with van der Waals surface area (Å²) >= 11 is 1.37. The number of aryl methyl sites for hydroxylation is 1. The fraction of sp³-hybridized carbons (Fsp3) is 0.389. The molecule has 2 aromatic rings. The molecule has 140 valence electrons. The van der Waals surface area contributed by atoms with Crippen LogP contribution in [-0.4, -0.2) is 48.4 Å². The molecule has 3 rings (SSSR count). The molecule has 0 unspecified atom stereocenters. The number of hydrogen-bond donors (Lipinski definition) is 2. The van der Waals surface area contributed by atoms with Crippen molar-refractivity contribution in [2.75, 3.05) is 26.7 Å². The molecule has 0 bridgehead atoms. The maximum Gasteiger partial charge on any atom is 0.263 e. The van der Waals surface area contributed by atoms with Crippen molar-refractivity contribution in [3.05, 3.63) is 51.5 Å². The van der Waals surface area contributed by atoms with Crippen LogP contribution in [-0.2, 0) is 13.0 Å². The van der Waals surface area contributed by atoms with E-state index in [1.165, 1.54) is 22.5 Å². The van der Waals surface area contributed by atoms with Gasteiger partial charge in [0.15, 0.2) is 5.96 Å². The van der Waals surface area contributed by atoms with Gasteiger partial charge in [-0.05, 0) is 24.5 Å². The molecule has 0 atom stereocenters. The highest BCUT2D eigenvalue weighted by molar-refractivity contribution is 14.0. The van der Waals surface area contributed by atoms with E-state index >= 15 is 0 Å². The van der Waals surface area contributed by atoms with Crippen molar-refractivity contribution in [1.29, 1.82) is 0 Å². The largest absolute Gasteiger partial charge is 0.354 e. The number of nitrogens with zero attached hydrogens (tertiary/aromatic N) is 3. The lowest BCUT2D eigenvalue weighted by molar-refractivity contribution is 0.0957. The van der Waals surface area contributed by atoms with Gasteiger partial charge in [0.1, 0.15) is 4.88 Å². The van der Waals surface area contributed by atoms with Gasteiger partial charge in [0, 0.05) is 33.2 Å². The van der Waals surface area contributed by atoms with Crippen LogP contribution in [0.4, 0.5) is 0 Å². The standard InChI is InChI=1S/C18H23N5OS.HI/c1-13-16(25-12-22-13)17(24)20-8-9-21-18(19-2)23-10-7-14-5-3-4-6-15(14)11-23;/h3-6,12H,7-11H2,1-2H3,(H,19,21)(H,20,24);1H. The summed E-state index contributed by atoms with van der Waals surface area (Å²) in [6.07, 6.45) is 1.03. The molecule has 2 N–H and O–H groups in total. The van der Waals surface area contributed by atoms with Crippen LogP contribution >= 0.6 is 35.3 Å². The Bertz CT molecular complexity index is 776. The zero-order chi connectivity index (χ0) is 17.6.